The highest BCUT2D eigenvalue weighted by atomic mass is 32.2. The van der Waals surface area contributed by atoms with E-state index < -0.39 is 5.97 Å². The molecule has 1 aromatic carbocycles. The molecule has 0 bridgehead atoms. The zero-order chi connectivity index (χ0) is 19.7. The molecule has 1 amide bonds. The van der Waals surface area contributed by atoms with Crippen LogP contribution in [0.4, 0.5) is 5.00 Å². The van der Waals surface area contributed by atoms with E-state index in [2.05, 4.69) is 15.5 Å². The maximum Gasteiger partial charge on any atom is 0.339 e. The maximum absolute atomic E-state index is 12.4. The number of aromatic nitrogens is 3. The Morgan fingerprint density at radius 1 is 1.25 bits per heavy atom. The molecule has 0 saturated heterocycles. The van der Waals surface area contributed by atoms with Gasteiger partial charge in [-0.15, -0.1) is 21.5 Å². The van der Waals surface area contributed by atoms with Gasteiger partial charge in [-0.25, -0.2) is 4.79 Å². The number of aromatic carboxylic acids is 1. The van der Waals surface area contributed by atoms with Gasteiger partial charge in [0, 0.05) is 17.5 Å². The minimum atomic E-state index is -0.983. The van der Waals surface area contributed by atoms with Gasteiger partial charge in [0.15, 0.2) is 11.0 Å². The van der Waals surface area contributed by atoms with Crippen LogP contribution in [-0.2, 0) is 24.7 Å². The third-order valence-electron chi connectivity index (χ3n) is 4.59. The zero-order valence-electron chi connectivity index (χ0n) is 15.1. The molecule has 1 aliphatic carbocycles. The van der Waals surface area contributed by atoms with Crippen molar-refractivity contribution in [1.29, 1.82) is 0 Å². The Morgan fingerprint density at radius 2 is 2.04 bits per heavy atom. The highest BCUT2D eigenvalue weighted by Crippen LogP contribution is 2.39. The molecule has 7 nitrogen and oxygen atoms in total. The molecule has 3 aromatic rings. The van der Waals surface area contributed by atoms with Crippen molar-refractivity contribution < 1.29 is 14.7 Å². The normalized spacial score (nSPS) is 12.8. The number of carboxylic acid groups (broad SMARTS) is 1. The number of nitrogens with zero attached hydrogens (tertiary/aromatic N) is 3. The number of nitrogens with one attached hydrogen (secondary N) is 1. The summed E-state index contributed by atoms with van der Waals surface area (Å²) >= 11 is 2.65. The van der Waals surface area contributed by atoms with E-state index in [9.17, 15) is 14.7 Å². The molecule has 0 saturated carbocycles. The molecule has 0 unspecified atom stereocenters. The Balaban J connectivity index is 1.44. The maximum atomic E-state index is 12.4. The highest BCUT2D eigenvalue weighted by Gasteiger charge is 2.27. The second-order valence-corrected chi connectivity index (χ2v) is 8.48. The Morgan fingerprint density at radius 3 is 2.79 bits per heavy atom. The first-order valence-electron chi connectivity index (χ1n) is 8.80. The number of anilines is 1. The SMILES string of the molecule is Cn1c(SCC(=O)Nc2sc3c(c2C(=O)O)CCC3)nnc1-c1ccccc1. The summed E-state index contributed by atoms with van der Waals surface area (Å²) in [6.07, 6.45) is 2.62. The number of aryl methyl sites for hydroxylation is 1. The van der Waals surface area contributed by atoms with Gasteiger partial charge in [0.25, 0.3) is 0 Å². The van der Waals surface area contributed by atoms with Crippen molar-refractivity contribution in [3.8, 4) is 11.4 Å². The smallest absolute Gasteiger partial charge is 0.339 e. The minimum Gasteiger partial charge on any atom is -0.478 e. The summed E-state index contributed by atoms with van der Waals surface area (Å²) in [4.78, 5) is 25.1. The highest BCUT2D eigenvalue weighted by molar-refractivity contribution is 7.99. The molecule has 2 N–H and O–H groups in total. The predicted octanol–water partition coefficient (Wildman–Crippen LogP) is 3.46. The summed E-state index contributed by atoms with van der Waals surface area (Å²) in [5.74, 6) is -0.381. The molecule has 2 aromatic heterocycles. The fourth-order valence-corrected chi connectivity index (χ4v) is 5.30. The van der Waals surface area contributed by atoms with Crippen LogP contribution in [0.1, 0.15) is 27.2 Å². The molecular weight excluding hydrogens is 396 g/mol. The Bertz CT molecular complexity index is 1040. The van der Waals surface area contributed by atoms with Gasteiger partial charge in [0.2, 0.25) is 5.91 Å². The lowest BCUT2D eigenvalue weighted by Crippen LogP contribution is -2.16. The number of thioether (sulfide) groups is 1. The monoisotopic (exact) mass is 414 g/mol. The molecule has 0 atom stereocenters. The second kappa shape index (κ2) is 7.76. The number of carboxylic acids is 1. The lowest BCUT2D eigenvalue weighted by molar-refractivity contribution is -0.113. The molecular formula is C19H18N4O3S2. The quantitative estimate of drug-likeness (QED) is 0.600. The largest absolute Gasteiger partial charge is 0.478 e. The summed E-state index contributed by atoms with van der Waals surface area (Å²) < 4.78 is 1.84. The average Bonchev–Trinajstić information content (AvgIpc) is 3.35. The standard InChI is InChI=1S/C19H18N4O3S2/c1-23-16(11-6-3-2-4-7-11)21-22-19(23)27-10-14(24)20-17-15(18(25)26)12-8-5-9-13(12)28-17/h2-4,6-7H,5,8-10H2,1H3,(H,20,24)(H,25,26). The number of fused-ring (bicyclic) bond motifs is 1. The molecule has 28 heavy (non-hydrogen) atoms. The van der Waals surface area contributed by atoms with Gasteiger partial charge in [-0.3, -0.25) is 4.79 Å². The first kappa shape index (κ1) is 18.7. The van der Waals surface area contributed by atoms with Crippen LogP contribution in [0.2, 0.25) is 0 Å². The van der Waals surface area contributed by atoms with Gasteiger partial charge in [-0.1, -0.05) is 42.1 Å². The third-order valence-corrected chi connectivity index (χ3v) is 6.81. The van der Waals surface area contributed by atoms with Crippen LogP contribution in [0, 0.1) is 0 Å². The van der Waals surface area contributed by atoms with E-state index in [1.807, 2.05) is 41.9 Å². The fraction of sp³-hybridized carbons (Fsp3) is 0.263. The zero-order valence-corrected chi connectivity index (χ0v) is 16.8. The summed E-state index contributed by atoms with van der Waals surface area (Å²) in [6, 6.07) is 9.71. The van der Waals surface area contributed by atoms with Crippen molar-refractivity contribution in [3.63, 3.8) is 0 Å². The number of hydrogen-bond acceptors (Lipinski definition) is 6. The first-order chi connectivity index (χ1) is 13.5. The summed E-state index contributed by atoms with van der Waals surface area (Å²) in [5, 5.41) is 21.7. The van der Waals surface area contributed by atoms with Crippen molar-refractivity contribution >= 4 is 40.0 Å². The molecule has 144 valence electrons. The van der Waals surface area contributed by atoms with Gasteiger partial charge in [0.05, 0.1) is 11.3 Å². The molecule has 2 heterocycles. The lowest BCUT2D eigenvalue weighted by Gasteiger charge is -2.06. The Hall–Kier alpha value is -2.65. The Labute approximate surface area is 169 Å². The van der Waals surface area contributed by atoms with Crippen molar-refractivity contribution in [3.05, 3.63) is 46.3 Å². The number of amides is 1. The van der Waals surface area contributed by atoms with E-state index in [1.165, 1.54) is 23.1 Å². The molecule has 1 aliphatic rings. The van der Waals surface area contributed by atoms with Gasteiger partial charge < -0.3 is 15.0 Å². The molecule has 0 aliphatic heterocycles. The van der Waals surface area contributed by atoms with Crippen LogP contribution in [0.15, 0.2) is 35.5 Å². The number of thiophene rings is 1. The van der Waals surface area contributed by atoms with Crippen LogP contribution in [0.3, 0.4) is 0 Å². The van der Waals surface area contributed by atoms with E-state index in [-0.39, 0.29) is 17.2 Å². The van der Waals surface area contributed by atoms with Crippen molar-refractivity contribution in [2.45, 2.75) is 24.4 Å². The number of hydrogen-bond donors (Lipinski definition) is 2. The van der Waals surface area contributed by atoms with Crippen molar-refractivity contribution in [1.82, 2.24) is 14.8 Å². The summed E-state index contributed by atoms with van der Waals surface area (Å²) in [6.45, 7) is 0. The Kier molecular flexibility index (Phi) is 5.19. The topological polar surface area (TPSA) is 97.1 Å². The molecule has 0 fully saturated rings. The van der Waals surface area contributed by atoms with E-state index in [0.29, 0.717) is 10.2 Å². The molecule has 0 spiro atoms. The van der Waals surface area contributed by atoms with Crippen molar-refractivity contribution in [2.24, 2.45) is 7.05 Å². The summed E-state index contributed by atoms with van der Waals surface area (Å²) in [5.41, 5.74) is 2.08. The number of rotatable bonds is 6. The minimum absolute atomic E-state index is 0.127. The lowest BCUT2D eigenvalue weighted by atomic mass is 10.1. The van der Waals surface area contributed by atoms with Gasteiger partial charge in [0.1, 0.15) is 5.00 Å². The van der Waals surface area contributed by atoms with Crippen molar-refractivity contribution in [2.75, 3.05) is 11.1 Å². The van der Waals surface area contributed by atoms with Crippen LogP contribution in [0.5, 0.6) is 0 Å². The van der Waals surface area contributed by atoms with Crippen LogP contribution < -0.4 is 5.32 Å². The van der Waals surface area contributed by atoms with E-state index in [1.54, 1.807) is 0 Å². The van der Waals surface area contributed by atoms with Gasteiger partial charge in [-0.05, 0) is 24.8 Å². The number of benzene rings is 1. The van der Waals surface area contributed by atoms with Gasteiger partial charge >= 0.3 is 5.97 Å². The van der Waals surface area contributed by atoms with Gasteiger partial charge in [-0.2, -0.15) is 0 Å². The molecule has 9 heteroatoms. The van der Waals surface area contributed by atoms with E-state index in [0.717, 1.165) is 41.1 Å². The first-order valence-corrected chi connectivity index (χ1v) is 10.6. The summed E-state index contributed by atoms with van der Waals surface area (Å²) in [7, 11) is 1.86. The van der Waals surface area contributed by atoms with E-state index in [4.69, 9.17) is 0 Å². The molecule has 4 rings (SSSR count). The number of carbonyl (C=O) groups is 2. The van der Waals surface area contributed by atoms with Crippen LogP contribution in [-0.4, -0.2) is 37.5 Å². The van der Waals surface area contributed by atoms with Crippen LogP contribution in [0.25, 0.3) is 11.4 Å². The van der Waals surface area contributed by atoms with Crippen LogP contribution >= 0.6 is 23.1 Å². The fourth-order valence-electron chi connectivity index (χ4n) is 3.29. The predicted molar refractivity (Wildman–Crippen MR) is 109 cm³/mol. The second-order valence-electron chi connectivity index (χ2n) is 6.43. The molecule has 0 radical (unpaired) electrons. The average molecular weight is 415 g/mol. The number of carbonyl (C=O) groups excluding carboxylic acids is 1. The van der Waals surface area contributed by atoms with E-state index >= 15 is 0 Å². The third kappa shape index (κ3) is 3.55.